The molecule has 0 bridgehead atoms. The fraction of sp³-hybridized carbons (Fsp3) is 0.522. The molecule has 3 N–H and O–H groups in total. The number of carboxylic acid groups (broad SMARTS) is 1. The zero-order valence-electron chi connectivity index (χ0n) is 19.3. The molecule has 1 aliphatic heterocycles. The fourth-order valence-corrected chi connectivity index (χ4v) is 4.57. The smallest absolute Gasteiger partial charge is 0.405 e. The third-order valence-electron chi connectivity index (χ3n) is 5.99. The molecule has 0 saturated heterocycles. The number of esters is 1. The van der Waals surface area contributed by atoms with Crippen LogP contribution in [0.3, 0.4) is 0 Å². The molecule has 174 valence electrons. The van der Waals surface area contributed by atoms with E-state index in [1.807, 2.05) is 32.9 Å². The minimum absolute atomic E-state index is 0.213. The summed E-state index contributed by atoms with van der Waals surface area (Å²) >= 11 is 0. The van der Waals surface area contributed by atoms with E-state index in [-0.39, 0.29) is 12.3 Å². The Hall–Kier alpha value is -3.23. The number of hydrogen-bond acceptors (Lipinski definition) is 5. The molecule has 2 heterocycles. The average Bonchev–Trinajstić information content (AvgIpc) is 3.08. The van der Waals surface area contributed by atoms with E-state index in [0.717, 1.165) is 33.5 Å². The van der Waals surface area contributed by atoms with Crippen LogP contribution in [0.2, 0.25) is 0 Å². The number of nitrogens with one attached hydrogen (secondary N) is 2. The maximum absolute atomic E-state index is 13.4. The number of hydrogen-bond donors (Lipinski definition) is 3. The summed E-state index contributed by atoms with van der Waals surface area (Å²) in [6.07, 6.45) is -0.435. The molecular weight excluding hydrogens is 414 g/mol. The highest BCUT2D eigenvalue weighted by atomic mass is 16.5. The number of aromatic nitrogens is 1. The minimum Gasteiger partial charge on any atom is -0.496 e. The van der Waals surface area contributed by atoms with Crippen LogP contribution in [-0.4, -0.2) is 59.3 Å². The van der Waals surface area contributed by atoms with Gasteiger partial charge in [0, 0.05) is 29.1 Å². The lowest BCUT2D eigenvalue weighted by Gasteiger charge is -2.42. The highest BCUT2D eigenvalue weighted by molar-refractivity contribution is 5.93. The van der Waals surface area contributed by atoms with Gasteiger partial charge in [-0.15, -0.1) is 0 Å². The Balaban J connectivity index is 2.20. The number of fused-ring (bicyclic) bond motifs is 3. The summed E-state index contributed by atoms with van der Waals surface area (Å²) in [5, 5.41) is 12.3. The van der Waals surface area contributed by atoms with Gasteiger partial charge in [0.25, 0.3) is 0 Å². The van der Waals surface area contributed by atoms with E-state index >= 15 is 0 Å². The van der Waals surface area contributed by atoms with Gasteiger partial charge < -0.3 is 29.8 Å². The van der Waals surface area contributed by atoms with Crippen molar-refractivity contribution in [3.8, 4) is 5.75 Å². The quantitative estimate of drug-likeness (QED) is 0.588. The molecule has 1 aromatic heterocycles. The molecular formula is C23H31N3O6. The average molecular weight is 446 g/mol. The van der Waals surface area contributed by atoms with Gasteiger partial charge in [-0.3, -0.25) is 4.79 Å². The van der Waals surface area contributed by atoms with Gasteiger partial charge >= 0.3 is 12.1 Å². The molecule has 0 aliphatic carbocycles. The first-order valence-corrected chi connectivity index (χ1v) is 10.7. The largest absolute Gasteiger partial charge is 0.496 e. The summed E-state index contributed by atoms with van der Waals surface area (Å²) in [7, 11) is 2.91. The van der Waals surface area contributed by atoms with Crippen molar-refractivity contribution in [2.24, 2.45) is 5.92 Å². The molecule has 0 saturated carbocycles. The van der Waals surface area contributed by atoms with Crippen LogP contribution >= 0.6 is 0 Å². The SMILES string of the molecule is COC(=O)C1Cc2c([nH]c3cc(OC)c(C)cc23)C(CC(C)C)N1C(=O)C(C)NC(=O)O. The first-order valence-electron chi connectivity index (χ1n) is 10.7. The van der Waals surface area contributed by atoms with Crippen LogP contribution in [0.15, 0.2) is 12.1 Å². The Bertz CT molecular complexity index is 1040. The predicted molar refractivity (Wildman–Crippen MR) is 119 cm³/mol. The van der Waals surface area contributed by atoms with Crippen molar-refractivity contribution in [3.63, 3.8) is 0 Å². The third-order valence-corrected chi connectivity index (χ3v) is 5.99. The van der Waals surface area contributed by atoms with Gasteiger partial charge in [0.1, 0.15) is 17.8 Å². The van der Waals surface area contributed by atoms with Crippen LogP contribution in [0.5, 0.6) is 5.75 Å². The second kappa shape index (κ2) is 9.10. The Morgan fingerprint density at radius 2 is 1.94 bits per heavy atom. The van der Waals surface area contributed by atoms with Crippen molar-refractivity contribution in [1.29, 1.82) is 0 Å². The molecule has 3 rings (SSSR count). The van der Waals surface area contributed by atoms with Crippen LogP contribution in [0.25, 0.3) is 10.9 Å². The van der Waals surface area contributed by atoms with E-state index in [2.05, 4.69) is 10.3 Å². The van der Waals surface area contributed by atoms with Crippen LogP contribution in [0, 0.1) is 12.8 Å². The lowest BCUT2D eigenvalue weighted by atomic mass is 9.86. The normalized spacial score (nSPS) is 18.9. The van der Waals surface area contributed by atoms with Crippen molar-refractivity contribution in [2.45, 2.75) is 58.7 Å². The van der Waals surface area contributed by atoms with Crippen molar-refractivity contribution in [3.05, 3.63) is 29.0 Å². The number of carbonyl (C=O) groups excluding carboxylic acids is 2. The Kier molecular flexibility index (Phi) is 6.66. The predicted octanol–water partition coefficient (Wildman–Crippen LogP) is 3.15. The molecule has 2 aromatic rings. The Morgan fingerprint density at radius 1 is 1.25 bits per heavy atom. The highest BCUT2D eigenvalue weighted by Gasteiger charge is 2.44. The molecule has 2 amide bonds. The first-order chi connectivity index (χ1) is 15.1. The maximum atomic E-state index is 13.4. The second-order valence-corrected chi connectivity index (χ2v) is 8.69. The standard InChI is InChI=1S/C23H31N3O6/c1-11(2)7-17-20-15(14-8-12(3)19(31-5)10-16(14)25-20)9-18(22(28)32-6)26(17)21(27)13(4)24-23(29)30/h8,10-11,13,17-18,24-25H,7,9H2,1-6H3,(H,29,30). The van der Waals surface area contributed by atoms with Gasteiger partial charge in [0.15, 0.2) is 0 Å². The van der Waals surface area contributed by atoms with Gasteiger partial charge in [-0.1, -0.05) is 13.8 Å². The molecule has 3 unspecified atom stereocenters. The molecule has 3 atom stereocenters. The molecule has 0 radical (unpaired) electrons. The van der Waals surface area contributed by atoms with Crippen LogP contribution in [-0.2, 0) is 20.7 Å². The van der Waals surface area contributed by atoms with Crippen molar-refractivity contribution in [2.75, 3.05) is 14.2 Å². The summed E-state index contributed by atoms with van der Waals surface area (Å²) in [5.74, 6) is -0.0374. The van der Waals surface area contributed by atoms with Gasteiger partial charge in [-0.25, -0.2) is 9.59 Å². The number of H-pyrrole nitrogens is 1. The van der Waals surface area contributed by atoms with Gasteiger partial charge in [-0.2, -0.15) is 0 Å². The third kappa shape index (κ3) is 4.24. The van der Waals surface area contributed by atoms with Crippen LogP contribution in [0.4, 0.5) is 4.79 Å². The second-order valence-electron chi connectivity index (χ2n) is 8.69. The number of nitrogens with zero attached hydrogens (tertiary/aromatic N) is 1. The van der Waals surface area contributed by atoms with Gasteiger partial charge in [-0.05, 0) is 43.4 Å². The summed E-state index contributed by atoms with van der Waals surface area (Å²) in [6.45, 7) is 7.52. The number of aromatic amines is 1. The van der Waals surface area contributed by atoms with E-state index in [9.17, 15) is 14.4 Å². The van der Waals surface area contributed by atoms with Crippen molar-refractivity contribution >= 4 is 28.9 Å². The molecule has 1 aliphatic rings. The number of carbonyl (C=O) groups is 3. The minimum atomic E-state index is -1.30. The van der Waals surface area contributed by atoms with E-state index in [1.54, 1.807) is 7.11 Å². The van der Waals surface area contributed by atoms with E-state index in [0.29, 0.717) is 6.42 Å². The van der Waals surface area contributed by atoms with Crippen molar-refractivity contribution < 1.29 is 29.0 Å². The summed E-state index contributed by atoms with van der Waals surface area (Å²) < 4.78 is 10.5. The Morgan fingerprint density at radius 3 is 2.50 bits per heavy atom. The topological polar surface area (TPSA) is 121 Å². The molecule has 0 spiro atoms. The number of aryl methyl sites for hydroxylation is 1. The zero-order chi connectivity index (χ0) is 23.7. The highest BCUT2D eigenvalue weighted by Crippen LogP contribution is 2.42. The van der Waals surface area contributed by atoms with E-state index < -0.39 is 36.1 Å². The molecule has 0 fully saturated rings. The molecule has 32 heavy (non-hydrogen) atoms. The van der Waals surface area contributed by atoms with Crippen LogP contribution in [0.1, 0.15) is 50.1 Å². The molecule has 1 aromatic carbocycles. The van der Waals surface area contributed by atoms with Crippen molar-refractivity contribution in [1.82, 2.24) is 15.2 Å². The molecule has 9 heteroatoms. The lowest BCUT2D eigenvalue weighted by Crippen LogP contribution is -2.57. The van der Waals surface area contributed by atoms with E-state index in [1.165, 1.54) is 18.9 Å². The van der Waals surface area contributed by atoms with Crippen LogP contribution < -0.4 is 10.1 Å². The fourth-order valence-electron chi connectivity index (χ4n) is 4.57. The lowest BCUT2D eigenvalue weighted by molar-refractivity contribution is -0.157. The zero-order valence-corrected chi connectivity index (χ0v) is 19.3. The number of amides is 2. The monoisotopic (exact) mass is 445 g/mol. The molecule has 9 nitrogen and oxygen atoms in total. The van der Waals surface area contributed by atoms with Gasteiger partial charge in [0.05, 0.1) is 20.3 Å². The summed E-state index contributed by atoms with van der Waals surface area (Å²) in [4.78, 5) is 42.3. The number of methoxy groups -OCH3 is 2. The van der Waals surface area contributed by atoms with E-state index in [4.69, 9.17) is 14.6 Å². The maximum Gasteiger partial charge on any atom is 0.405 e. The summed E-state index contributed by atoms with van der Waals surface area (Å²) in [6, 6.07) is 1.64. The number of rotatable bonds is 6. The first kappa shape index (κ1) is 23.4. The number of ether oxygens (including phenoxy) is 2. The Labute approximate surface area is 187 Å². The number of benzene rings is 1. The summed E-state index contributed by atoms with van der Waals surface area (Å²) in [5.41, 5.74) is 3.66. The van der Waals surface area contributed by atoms with Gasteiger partial charge in [0.2, 0.25) is 5.91 Å².